The fourth-order valence-electron chi connectivity index (χ4n) is 4.57. The number of allylic oxidation sites excluding steroid dienone is 1. The van der Waals surface area contributed by atoms with Gasteiger partial charge in [0.25, 0.3) is 0 Å². The minimum absolute atomic E-state index is 0.765. The molecule has 2 fully saturated rings. The lowest BCUT2D eigenvalue weighted by Gasteiger charge is -2.37. The molecule has 0 spiro atoms. The molecule has 1 aromatic rings. The van der Waals surface area contributed by atoms with E-state index >= 15 is 0 Å². The number of hydrogen-bond acceptors (Lipinski definition) is 0. The highest BCUT2D eigenvalue weighted by Gasteiger charge is 2.30. The van der Waals surface area contributed by atoms with Crippen LogP contribution in [0.2, 0.25) is 5.02 Å². The van der Waals surface area contributed by atoms with Crippen molar-refractivity contribution in [3.8, 4) is 0 Å². The average Bonchev–Trinajstić information content (AvgIpc) is 2.57. The lowest BCUT2D eigenvalue weighted by molar-refractivity contribution is 0.171. The second kappa shape index (κ2) is 8.02. The van der Waals surface area contributed by atoms with Gasteiger partial charge in [0.05, 0.1) is 0 Å². The normalized spacial score (nSPS) is 33.2. The summed E-state index contributed by atoms with van der Waals surface area (Å²) >= 11 is 9.42. The molecule has 0 aromatic heterocycles. The summed E-state index contributed by atoms with van der Waals surface area (Å²) in [5.74, 6) is 3.56. The molecule has 3 rings (SSSR count). The molecule has 1 aromatic carbocycles. The Kier molecular flexibility index (Phi) is 6.04. The summed E-state index contributed by atoms with van der Waals surface area (Å²) in [4.78, 5) is 2.05. The van der Waals surface area contributed by atoms with Crippen molar-refractivity contribution in [3.63, 3.8) is 0 Å². The van der Waals surface area contributed by atoms with Crippen LogP contribution in [-0.2, 0) is 0 Å². The molecule has 0 N–H and O–H groups in total. The molecule has 0 heterocycles. The molecule has 22 heavy (non-hydrogen) atoms. The van der Waals surface area contributed by atoms with Crippen LogP contribution in [0.1, 0.15) is 62.8 Å². The monoisotopic (exact) mass is 380 g/mol. The average molecular weight is 382 g/mol. The summed E-state index contributed by atoms with van der Waals surface area (Å²) in [6.07, 6.45) is 13.6. The van der Waals surface area contributed by atoms with Crippen LogP contribution in [0, 0.1) is 17.8 Å². The van der Waals surface area contributed by atoms with Gasteiger partial charge in [-0.25, -0.2) is 0 Å². The van der Waals surface area contributed by atoms with Crippen molar-refractivity contribution in [2.45, 2.75) is 57.3 Å². The van der Waals surface area contributed by atoms with Gasteiger partial charge in [0.2, 0.25) is 0 Å². The van der Waals surface area contributed by atoms with Crippen LogP contribution in [0.3, 0.4) is 0 Å². The van der Waals surface area contributed by atoms with E-state index in [1.54, 1.807) is 0 Å². The zero-order chi connectivity index (χ0) is 15.4. The SMILES string of the molecule is Clc1ccc(C2CCC([C@H]3CC[C@H](/C=C/Br)CC3)CC2)cc1. The third-order valence-corrected chi connectivity index (χ3v) is 6.50. The van der Waals surface area contributed by atoms with E-state index in [0.717, 1.165) is 28.7 Å². The number of rotatable bonds is 3. The van der Waals surface area contributed by atoms with E-state index < -0.39 is 0 Å². The Morgan fingerprint density at radius 1 is 0.818 bits per heavy atom. The van der Waals surface area contributed by atoms with Crippen molar-refractivity contribution in [2.24, 2.45) is 17.8 Å². The van der Waals surface area contributed by atoms with Crippen molar-refractivity contribution in [1.82, 2.24) is 0 Å². The predicted octanol–water partition coefficient (Wildman–Crippen LogP) is 7.33. The van der Waals surface area contributed by atoms with Gasteiger partial charge < -0.3 is 0 Å². The van der Waals surface area contributed by atoms with Crippen LogP contribution in [0.4, 0.5) is 0 Å². The maximum atomic E-state index is 6.00. The Balaban J connectivity index is 1.49. The third-order valence-electron chi connectivity index (χ3n) is 5.94. The highest BCUT2D eigenvalue weighted by Crippen LogP contribution is 2.44. The van der Waals surface area contributed by atoms with Crippen molar-refractivity contribution in [3.05, 3.63) is 45.9 Å². The molecular formula is C20H26BrCl. The number of halogens is 2. The van der Waals surface area contributed by atoms with E-state index in [1.807, 2.05) is 12.1 Å². The Labute approximate surface area is 148 Å². The van der Waals surface area contributed by atoms with E-state index in [1.165, 1.54) is 56.9 Å². The summed E-state index contributed by atoms with van der Waals surface area (Å²) in [5.41, 5.74) is 1.49. The first-order valence-corrected chi connectivity index (χ1v) is 10.1. The van der Waals surface area contributed by atoms with Crippen LogP contribution in [0.25, 0.3) is 0 Å². The fraction of sp³-hybridized carbons (Fsp3) is 0.600. The van der Waals surface area contributed by atoms with E-state index in [4.69, 9.17) is 11.6 Å². The van der Waals surface area contributed by atoms with Gasteiger partial charge in [-0.05, 0) is 97.7 Å². The smallest absolute Gasteiger partial charge is 0.0406 e. The van der Waals surface area contributed by atoms with Gasteiger partial charge >= 0.3 is 0 Å². The molecule has 2 aliphatic rings. The first-order chi connectivity index (χ1) is 10.8. The second-order valence-electron chi connectivity index (χ2n) is 7.16. The van der Waals surface area contributed by atoms with E-state index in [0.29, 0.717) is 0 Å². The molecular weight excluding hydrogens is 356 g/mol. The van der Waals surface area contributed by atoms with Crippen molar-refractivity contribution in [2.75, 3.05) is 0 Å². The highest BCUT2D eigenvalue weighted by atomic mass is 79.9. The number of hydrogen-bond donors (Lipinski definition) is 0. The van der Waals surface area contributed by atoms with E-state index in [2.05, 4.69) is 39.1 Å². The van der Waals surface area contributed by atoms with Gasteiger partial charge in [-0.1, -0.05) is 45.7 Å². The van der Waals surface area contributed by atoms with Crippen molar-refractivity contribution < 1.29 is 0 Å². The molecule has 0 atom stereocenters. The minimum atomic E-state index is 0.765. The molecule has 0 unspecified atom stereocenters. The van der Waals surface area contributed by atoms with Crippen LogP contribution in [0.15, 0.2) is 35.3 Å². The predicted molar refractivity (Wildman–Crippen MR) is 99.7 cm³/mol. The zero-order valence-corrected chi connectivity index (χ0v) is 15.5. The van der Waals surface area contributed by atoms with Crippen LogP contribution in [0.5, 0.6) is 0 Å². The van der Waals surface area contributed by atoms with Gasteiger partial charge in [-0.15, -0.1) is 0 Å². The Hall–Kier alpha value is -0.270. The lowest BCUT2D eigenvalue weighted by Crippen LogP contribution is -2.25. The molecule has 2 heteroatoms. The molecule has 0 bridgehead atoms. The molecule has 0 radical (unpaired) electrons. The number of benzene rings is 1. The van der Waals surface area contributed by atoms with Gasteiger partial charge in [0.1, 0.15) is 0 Å². The van der Waals surface area contributed by atoms with Crippen molar-refractivity contribution >= 4 is 27.5 Å². The maximum Gasteiger partial charge on any atom is 0.0406 e. The van der Waals surface area contributed by atoms with Crippen molar-refractivity contribution in [1.29, 1.82) is 0 Å². The molecule has 0 nitrogen and oxygen atoms in total. The Morgan fingerprint density at radius 2 is 1.36 bits per heavy atom. The summed E-state index contributed by atoms with van der Waals surface area (Å²) < 4.78 is 0. The molecule has 0 aliphatic heterocycles. The fourth-order valence-corrected chi connectivity index (χ4v) is 5.13. The van der Waals surface area contributed by atoms with Crippen LogP contribution < -0.4 is 0 Å². The van der Waals surface area contributed by atoms with E-state index in [-0.39, 0.29) is 0 Å². The topological polar surface area (TPSA) is 0 Å². The van der Waals surface area contributed by atoms with Gasteiger partial charge in [-0.2, -0.15) is 0 Å². The first-order valence-electron chi connectivity index (χ1n) is 8.78. The van der Waals surface area contributed by atoms with Gasteiger partial charge in [-0.3, -0.25) is 0 Å². The minimum Gasteiger partial charge on any atom is -0.0843 e. The molecule has 2 saturated carbocycles. The highest BCUT2D eigenvalue weighted by molar-refractivity contribution is 9.11. The Morgan fingerprint density at radius 3 is 1.91 bits per heavy atom. The molecule has 0 saturated heterocycles. The van der Waals surface area contributed by atoms with Crippen LogP contribution in [-0.4, -0.2) is 0 Å². The summed E-state index contributed by atoms with van der Waals surface area (Å²) in [7, 11) is 0. The standard InChI is InChI=1S/C20H26BrCl/c21-14-13-15-1-3-16(4-2-15)17-5-7-18(8-6-17)19-9-11-20(22)12-10-19/h9-18H,1-8H2/b14-13+/t15-,16-,17?,18?. The maximum absolute atomic E-state index is 6.00. The molecule has 120 valence electrons. The largest absolute Gasteiger partial charge is 0.0843 e. The Bertz CT molecular complexity index is 477. The quantitative estimate of drug-likeness (QED) is 0.514. The van der Waals surface area contributed by atoms with E-state index in [9.17, 15) is 0 Å². The summed E-state index contributed by atoms with van der Waals surface area (Å²) in [5, 5.41) is 0.853. The second-order valence-corrected chi connectivity index (χ2v) is 8.12. The van der Waals surface area contributed by atoms with Gasteiger partial charge in [0.15, 0.2) is 0 Å². The third kappa shape index (κ3) is 4.17. The first kappa shape index (κ1) is 16.6. The lowest BCUT2D eigenvalue weighted by atomic mass is 9.68. The molecule has 2 aliphatic carbocycles. The summed E-state index contributed by atoms with van der Waals surface area (Å²) in [6, 6.07) is 8.54. The molecule has 0 amide bonds. The summed E-state index contributed by atoms with van der Waals surface area (Å²) in [6.45, 7) is 0. The van der Waals surface area contributed by atoms with Gasteiger partial charge in [0, 0.05) is 5.02 Å². The van der Waals surface area contributed by atoms with Crippen LogP contribution >= 0.6 is 27.5 Å². The zero-order valence-electron chi connectivity index (χ0n) is 13.2.